The molecule has 31 heavy (non-hydrogen) atoms. The molecule has 6 nitrogen and oxygen atoms in total. The van der Waals surface area contributed by atoms with Crippen LogP contribution in [0.2, 0.25) is 0 Å². The summed E-state index contributed by atoms with van der Waals surface area (Å²) in [6.45, 7) is 8.92. The minimum atomic E-state index is -0.338. The van der Waals surface area contributed by atoms with Crippen LogP contribution in [0.25, 0.3) is 0 Å². The zero-order valence-corrected chi connectivity index (χ0v) is 18.9. The largest absolute Gasteiger partial charge is 0.487 e. The van der Waals surface area contributed by atoms with Gasteiger partial charge in [-0.2, -0.15) is 0 Å². The number of rotatable bonds is 4. The van der Waals surface area contributed by atoms with Gasteiger partial charge in [0.25, 0.3) is 5.91 Å². The van der Waals surface area contributed by atoms with E-state index in [1.807, 2.05) is 56.9 Å². The Morgan fingerprint density at radius 1 is 1.19 bits per heavy atom. The summed E-state index contributed by atoms with van der Waals surface area (Å²) in [7, 11) is 0. The molecule has 2 aromatic rings. The maximum Gasteiger partial charge on any atom is 0.257 e. The van der Waals surface area contributed by atoms with Crippen molar-refractivity contribution in [3.63, 3.8) is 0 Å². The van der Waals surface area contributed by atoms with Crippen molar-refractivity contribution in [3.8, 4) is 5.75 Å². The minimum Gasteiger partial charge on any atom is -0.487 e. The van der Waals surface area contributed by atoms with E-state index < -0.39 is 0 Å². The molecule has 166 valence electrons. The molecule has 0 radical (unpaired) electrons. The van der Waals surface area contributed by atoms with Crippen LogP contribution in [0.15, 0.2) is 34.7 Å². The van der Waals surface area contributed by atoms with Crippen LogP contribution >= 0.6 is 0 Å². The van der Waals surface area contributed by atoms with Gasteiger partial charge in [0.2, 0.25) is 5.91 Å². The lowest BCUT2D eigenvalue weighted by Crippen LogP contribution is -2.52. The molecule has 1 aromatic carbocycles. The Bertz CT molecular complexity index is 970. The number of nitrogens with one attached hydrogen (secondary N) is 1. The molecule has 1 N–H and O–H groups in total. The number of hydrogen-bond donors (Lipinski definition) is 1. The van der Waals surface area contributed by atoms with E-state index in [1.54, 1.807) is 0 Å². The molecular weight excluding hydrogens is 392 g/mol. The zero-order valence-electron chi connectivity index (χ0n) is 18.9. The van der Waals surface area contributed by atoms with Crippen molar-refractivity contribution in [3.05, 3.63) is 53.0 Å². The number of piperidine rings is 1. The number of ether oxygens (including phenoxy) is 1. The summed E-state index contributed by atoms with van der Waals surface area (Å²) in [6.07, 6.45) is 2.76. The van der Waals surface area contributed by atoms with E-state index in [2.05, 4.69) is 11.4 Å². The van der Waals surface area contributed by atoms with Crippen molar-refractivity contribution >= 4 is 11.8 Å². The summed E-state index contributed by atoms with van der Waals surface area (Å²) < 4.78 is 12.1. The fourth-order valence-corrected chi connectivity index (χ4v) is 4.97. The number of aryl methyl sites for hydroxylation is 2. The second kappa shape index (κ2) is 8.40. The summed E-state index contributed by atoms with van der Waals surface area (Å²) in [4.78, 5) is 27.4. The molecule has 2 amide bonds. The zero-order chi connectivity index (χ0) is 22.2. The summed E-state index contributed by atoms with van der Waals surface area (Å²) in [6, 6.07) is 9.99. The van der Waals surface area contributed by atoms with Crippen LogP contribution in [0, 0.1) is 13.8 Å². The van der Waals surface area contributed by atoms with Gasteiger partial charge in [0.05, 0.1) is 5.56 Å². The number of amides is 2. The van der Waals surface area contributed by atoms with Gasteiger partial charge in [-0.15, -0.1) is 0 Å². The number of hydrogen-bond acceptors (Lipinski definition) is 4. The summed E-state index contributed by atoms with van der Waals surface area (Å²) in [5, 5.41) is 3.02. The molecule has 1 fully saturated rings. The van der Waals surface area contributed by atoms with Crippen LogP contribution in [-0.2, 0) is 4.79 Å². The van der Waals surface area contributed by atoms with E-state index in [0.717, 1.165) is 36.3 Å². The number of nitrogens with zero attached hydrogens (tertiary/aromatic N) is 1. The number of likely N-dealkylation sites (tertiary alicyclic amines) is 1. The molecule has 0 aliphatic carbocycles. The Hall–Kier alpha value is -2.76. The maximum atomic E-state index is 13.0. The third kappa shape index (κ3) is 4.48. The van der Waals surface area contributed by atoms with Gasteiger partial charge in [0.1, 0.15) is 22.9 Å². The minimum absolute atomic E-state index is 0.0215. The average Bonchev–Trinajstić information content (AvgIpc) is 3.05. The molecule has 1 spiro atoms. The topological polar surface area (TPSA) is 71.8 Å². The van der Waals surface area contributed by atoms with E-state index in [0.29, 0.717) is 30.8 Å². The van der Waals surface area contributed by atoms with Crippen molar-refractivity contribution in [2.45, 2.75) is 70.9 Å². The van der Waals surface area contributed by atoms with Gasteiger partial charge >= 0.3 is 0 Å². The van der Waals surface area contributed by atoms with Crippen LogP contribution in [0.4, 0.5) is 0 Å². The second-order valence-electron chi connectivity index (χ2n) is 9.27. The molecule has 0 bridgehead atoms. The predicted molar refractivity (Wildman–Crippen MR) is 118 cm³/mol. The van der Waals surface area contributed by atoms with E-state index in [9.17, 15) is 9.59 Å². The number of benzene rings is 1. The number of furan rings is 1. The number of para-hydroxylation sites is 1. The van der Waals surface area contributed by atoms with Crippen molar-refractivity contribution in [1.82, 2.24) is 10.2 Å². The maximum absolute atomic E-state index is 13.0. The van der Waals surface area contributed by atoms with Crippen LogP contribution in [0.5, 0.6) is 5.75 Å². The molecule has 0 unspecified atom stereocenters. The second-order valence-corrected chi connectivity index (χ2v) is 9.27. The van der Waals surface area contributed by atoms with Gasteiger partial charge in [-0.05, 0) is 51.8 Å². The van der Waals surface area contributed by atoms with Crippen LogP contribution < -0.4 is 10.1 Å². The van der Waals surface area contributed by atoms with E-state index >= 15 is 0 Å². The number of fused-ring (bicyclic) bond motifs is 1. The Labute approximate surface area is 183 Å². The highest BCUT2D eigenvalue weighted by atomic mass is 16.5. The first kappa shape index (κ1) is 21.5. The summed E-state index contributed by atoms with van der Waals surface area (Å²) >= 11 is 0. The lowest BCUT2D eigenvalue weighted by atomic mass is 9.76. The smallest absolute Gasteiger partial charge is 0.257 e. The first-order valence-electron chi connectivity index (χ1n) is 11.2. The molecule has 3 heterocycles. The Morgan fingerprint density at radius 3 is 2.55 bits per heavy atom. The van der Waals surface area contributed by atoms with Crippen molar-refractivity contribution in [2.75, 3.05) is 13.1 Å². The third-order valence-electron chi connectivity index (χ3n) is 6.42. The lowest BCUT2D eigenvalue weighted by Gasteiger charge is -2.47. The molecule has 2 aliphatic rings. The van der Waals surface area contributed by atoms with Gasteiger partial charge in [-0.3, -0.25) is 9.59 Å². The molecular formula is C25H32N2O4. The summed E-state index contributed by atoms with van der Waals surface area (Å²) in [5.74, 6) is 2.51. The van der Waals surface area contributed by atoms with Gasteiger partial charge in [0.15, 0.2) is 0 Å². The average molecular weight is 425 g/mol. The molecule has 2 aliphatic heterocycles. The van der Waals surface area contributed by atoms with Gasteiger partial charge in [-0.1, -0.05) is 18.2 Å². The highest BCUT2D eigenvalue weighted by molar-refractivity contribution is 5.95. The Kier molecular flexibility index (Phi) is 5.82. The number of carbonyl (C=O) groups excluding carboxylic acids is 2. The Balaban J connectivity index is 1.49. The first-order valence-corrected chi connectivity index (χ1v) is 11.2. The molecule has 0 saturated carbocycles. The molecule has 4 rings (SSSR count). The highest BCUT2D eigenvalue weighted by Gasteiger charge is 2.44. The standard InChI is InChI=1S/C25H32N2O4/c1-16(2)26-23(28)14-19-15-25(31-22-8-6-5-7-20(19)22)9-11-27(12-10-25)24(29)21-13-17(3)30-18(21)4/h5-8,13,16,19H,9-12,14-15H2,1-4H3,(H,26,28)/t19-/m1/s1. The summed E-state index contributed by atoms with van der Waals surface area (Å²) in [5.41, 5.74) is 1.41. The van der Waals surface area contributed by atoms with Gasteiger partial charge in [-0.25, -0.2) is 0 Å². The fourth-order valence-electron chi connectivity index (χ4n) is 4.97. The fraction of sp³-hybridized carbons (Fsp3) is 0.520. The van der Waals surface area contributed by atoms with Gasteiger partial charge < -0.3 is 19.4 Å². The van der Waals surface area contributed by atoms with Crippen molar-refractivity contribution in [1.29, 1.82) is 0 Å². The monoisotopic (exact) mass is 424 g/mol. The molecule has 6 heteroatoms. The van der Waals surface area contributed by atoms with E-state index in [-0.39, 0.29) is 29.4 Å². The van der Waals surface area contributed by atoms with Crippen molar-refractivity contribution in [2.24, 2.45) is 0 Å². The first-order chi connectivity index (χ1) is 14.8. The SMILES string of the molecule is Cc1cc(C(=O)N2CCC3(CC2)C[C@@H](CC(=O)NC(C)C)c2ccccc2O3)c(C)o1. The van der Waals surface area contributed by atoms with Crippen LogP contribution in [-0.4, -0.2) is 41.4 Å². The Morgan fingerprint density at radius 2 is 1.90 bits per heavy atom. The van der Waals surface area contributed by atoms with Crippen LogP contribution in [0.1, 0.15) is 72.9 Å². The van der Waals surface area contributed by atoms with Crippen LogP contribution in [0.3, 0.4) is 0 Å². The van der Waals surface area contributed by atoms with Gasteiger partial charge in [0, 0.05) is 44.3 Å². The van der Waals surface area contributed by atoms with Crippen molar-refractivity contribution < 1.29 is 18.7 Å². The lowest BCUT2D eigenvalue weighted by molar-refractivity contribution is -0.122. The third-order valence-corrected chi connectivity index (χ3v) is 6.42. The number of carbonyl (C=O) groups is 2. The quantitative estimate of drug-likeness (QED) is 0.792. The van der Waals surface area contributed by atoms with E-state index in [1.165, 1.54) is 0 Å². The molecule has 1 saturated heterocycles. The normalized spacial score (nSPS) is 19.8. The molecule has 1 aromatic heterocycles. The highest BCUT2D eigenvalue weighted by Crippen LogP contribution is 2.46. The van der Waals surface area contributed by atoms with E-state index in [4.69, 9.17) is 9.15 Å². The predicted octanol–water partition coefficient (Wildman–Crippen LogP) is 4.35. The molecule has 1 atom stereocenters.